The van der Waals surface area contributed by atoms with E-state index in [4.69, 9.17) is 0 Å². The molecule has 2 N–H and O–H groups in total. The van der Waals surface area contributed by atoms with E-state index in [0.29, 0.717) is 0 Å². The van der Waals surface area contributed by atoms with E-state index < -0.39 is 0 Å². The molecule has 0 bridgehead atoms. The number of rotatable bonds is 10. The van der Waals surface area contributed by atoms with Gasteiger partial charge in [0.2, 0.25) is 0 Å². The number of unbranched alkanes of at least 4 members (excludes halogenated alkanes) is 2. The number of nitrogens with zero attached hydrogens (tertiary/aromatic N) is 3. The maximum atomic E-state index is 12.3. The third kappa shape index (κ3) is 7.65. The smallest absolute Gasteiger partial charge is 0.260 e. The third-order valence-corrected chi connectivity index (χ3v) is 5.84. The van der Waals surface area contributed by atoms with Crippen molar-refractivity contribution in [2.45, 2.75) is 39.2 Å². The molecule has 0 unspecified atom stereocenters. The molecule has 0 spiro atoms. The van der Waals surface area contributed by atoms with Gasteiger partial charge in [-0.25, -0.2) is 5.06 Å². The molecule has 31 heavy (non-hydrogen) atoms. The van der Waals surface area contributed by atoms with E-state index in [0.717, 1.165) is 54.6 Å². The quantitative estimate of drug-likeness (QED) is 0.341. The summed E-state index contributed by atoms with van der Waals surface area (Å²) in [4.78, 5) is 16.7. The maximum Gasteiger partial charge on any atom is 0.260 e. The molecule has 0 atom stereocenters. The monoisotopic (exact) mass is 424 g/mol. The summed E-state index contributed by atoms with van der Waals surface area (Å²) in [5.41, 5.74) is 4.30. The van der Waals surface area contributed by atoms with E-state index in [1.165, 1.54) is 24.8 Å². The number of hydrogen-bond donors (Lipinski definition) is 2. The van der Waals surface area contributed by atoms with Gasteiger partial charge in [-0.2, -0.15) is 0 Å². The van der Waals surface area contributed by atoms with Crippen molar-refractivity contribution in [3.63, 3.8) is 0 Å². The van der Waals surface area contributed by atoms with Crippen molar-refractivity contribution in [2.75, 3.05) is 45.1 Å². The van der Waals surface area contributed by atoms with Crippen LogP contribution in [0.3, 0.4) is 0 Å². The number of nitrogens with one attached hydrogen (secondary N) is 1. The lowest BCUT2D eigenvalue weighted by molar-refractivity contribution is -0.169. The highest BCUT2D eigenvalue weighted by atomic mass is 16.5. The number of piperazine rings is 1. The van der Waals surface area contributed by atoms with Crippen LogP contribution in [0.5, 0.6) is 0 Å². The van der Waals surface area contributed by atoms with Crippen LogP contribution in [0.25, 0.3) is 0 Å². The maximum absolute atomic E-state index is 12.3. The Labute approximate surface area is 186 Å². The van der Waals surface area contributed by atoms with Crippen LogP contribution >= 0.6 is 0 Å². The molecule has 0 radical (unpaired) electrons. The normalized spacial score (nSPS) is 15.1. The standard InChI is InChI=1S/C25H36N4O2/c1-3-4-5-6-21-7-11-23(12-8-21)26-24-13-9-22(10-14-24)19-29(31)25(30)20-28-17-15-27(2)16-18-28/h7-14,26,31H,3-6,15-20H2,1-2H3. The lowest BCUT2D eigenvalue weighted by atomic mass is 10.1. The van der Waals surface area contributed by atoms with Gasteiger partial charge >= 0.3 is 0 Å². The first-order chi connectivity index (χ1) is 15.0. The molecule has 2 aromatic carbocycles. The highest BCUT2D eigenvalue weighted by molar-refractivity contribution is 5.77. The lowest BCUT2D eigenvalue weighted by Gasteiger charge is -2.32. The second kappa shape index (κ2) is 11.8. The number of benzene rings is 2. The highest BCUT2D eigenvalue weighted by Gasteiger charge is 2.19. The van der Waals surface area contributed by atoms with Crippen LogP contribution < -0.4 is 5.32 Å². The van der Waals surface area contributed by atoms with E-state index in [9.17, 15) is 10.0 Å². The summed E-state index contributed by atoms with van der Waals surface area (Å²) in [5, 5.41) is 14.4. The van der Waals surface area contributed by atoms with Crippen LogP contribution in [0.1, 0.15) is 37.3 Å². The van der Waals surface area contributed by atoms with E-state index in [1.54, 1.807) is 0 Å². The van der Waals surface area contributed by atoms with Gasteiger partial charge in [-0.1, -0.05) is 44.0 Å². The van der Waals surface area contributed by atoms with Gasteiger partial charge in [-0.15, -0.1) is 0 Å². The summed E-state index contributed by atoms with van der Waals surface area (Å²) >= 11 is 0. The summed E-state index contributed by atoms with van der Waals surface area (Å²) in [6.45, 7) is 6.30. The second-order valence-electron chi connectivity index (χ2n) is 8.51. The highest BCUT2D eigenvalue weighted by Crippen LogP contribution is 2.19. The largest absolute Gasteiger partial charge is 0.356 e. The second-order valence-corrected chi connectivity index (χ2v) is 8.51. The Morgan fingerprint density at radius 1 is 0.935 bits per heavy atom. The van der Waals surface area contributed by atoms with Gasteiger partial charge in [0.15, 0.2) is 0 Å². The van der Waals surface area contributed by atoms with Gasteiger partial charge in [0.05, 0.1) is 13.1 Å². The van der Waals surface area contributed by atoms with Crippen LogP contribution in [0.4, 0.5) is 11.4 Å². The van der Waals surface area contributed by atoms with E-state index in [1.807, 2.05) is 24.3 Å². The Bertz CT molecular complexity index is 799. The Morgan fingerprint density at radius 2 is 1.52 bits per heavy atom. The lowest BCUT2D eigenvalue weighted by Crippen LogP contribution is -2.48. The van der Waals surface area contributed by atoms with Crippen molar-refractivity contribution in [1.82, 2.24) is 14.9 Å². The Morgan fingerprint density at radius 3 is 2.10 bits per heavy atom. The van der Waals surface area contributed by atoms with Gasteiger partial charge in [0.25, 0.3) is 5.91 Å². The molecule has 1 saturated heterocycles. The van der Waals surface area contributed by atoms with Crippen LogP contribution in [0.15, 0.2) is 48.5 Å². The van der Waals surface area contributed by atoms with Crippen LogP contribution in [-0.2, 0) is 17.8 Å². The Kier molecular flexibility index (Phi) is 8.88. The molecule has 0 aliphatic carbocycles. The van der Waals surface area contributed by atoms with Crippen molar-refractivity contribution >= 4 is 17.3 Å². The van der Waals surface area contributed by atoms with Crippen LogP contribution in [0.2, 0.25) is 0 Å². The first-order valence-corrected chi connectivity index (χ1v) is 11.4. The summed E-state index contributed by atoms with van der Waals surface area (Å²) in [5.74, 6) is -0.259. The van der Waals surface area contributed by atoms with Crippen molar-refractivity contribution in [3.8, 4) is 0 Å². The minimum absolute atomic E-state index is 0.194. The van der Waals surface area contributed by atoms with E-state index in [-0.39, 0.29) is 19.0 Å². The third-order valence-electron chi connectivity index (χ3n) is 5.84. The minimum Gasteiger partial charge on any atom is -0.356 e. The molecule has 0 saturated carbocycles. The SMILES string of the molecule is CCCCCc1ccc(Nc2ccc(CN(O)C(=O)CN3CCN(C)CC3)cc2)cc1. The summed E-state index contributed by atoms with van der Waals surface area (Å²) in [7, 11) is 2.08. The molecule has 1 fully saturated rings. The average molecular weight is 425 g/mol. The molecular formula is C25H36N4O2. The molecule has 2 aromatic rings. The number of amides is 1. The molecule has 1 amide bonds. The first-order valence-electron chi connectivity index (χ1n) is 11.4. The number of carbonyl (C=O) groups is 1. The van der Waals surface area contributed by atoms with Crippen molar-refractivity contribution in [1.29, 1.82) is 0 Å². The minimum atomic E-state index is -0.259. The zero-order chi connectivity index (χ0) is 22.1. The number of hydroxylamine groups is 2. The predicted octanol–water partition coefficient (Wildman–Crippen LogP) is 4.13. The van der Waals surface area contributed by atoms with Gasteiger partial charge in [-0.05, 0) is 55.3 Å². The molecule has 1 heterocycles. The number of likely N-dealkylation sites (N-methyl/N-ethyl adjacent to an activating group) is 1. The van der Waals surface area contributed by atoms with Crippen LogP contribution in [0, 0.1) is 0 Å². The van der Waals surface area contributed by atoms with Crippen molar-refractivity contribution in [2.24, 2.45) is 0 Å². The number of carbonyl (C=O) groups excluding carboxylic acids is 1. The molecule has 168 valence electrons. The van der Waals surface area contributed by atoms with Crippen molar-refractivity contribution in [3.05, 3.63) is 59.7 Å². The molecule has 0 aromatic heterocycles. The predicted molar refractivity (Wildman–Crippen MR) is 126 cm³/mol. The molecule has 1 aliphatic heterocycles. The number of hydrogen-bond acceptors (Lipinski definition) is 5. The summed E-state index contributed by atoms with van der Waals surface area (Å²) in [6.07, 6.45) is 4.89. The summed E-state index contributed by atoms with van der Waals surface area (Å²) < 4.78 is 0. The number of aryl methyl sites for hydroxylation is 1. The van der Waals surface area contributed by atoms with Crippen molar-refractivity contribution < 1.29 is 10.0 Å². The fourth-order valence-corrected chi connectivity index (χ4v) is 3.73. The average Bonchev–Trinajstić information content (AvgIpc) is 2.78. The Hall–Kier alpha value is -2.41. The first kappa shape index (κ1) is 23.3. The molecule has 6 nitrogen and oxygen atoms in total. The number of anilines is 2. The fraction of sp³-hybridized carbons (Fsp3) is 0.480. The zero-order valence-corrected chi connectivity index (χ0v) is 18.9. The van der Waals surface area contributed by atoms with Gasteiger partial charge in [0, 0.05) is 37.6 Å². The van der Waals surface area contributed by atoms with E-state index >= 15 is 0 Å². The van der Waals surface area contributed by atoms with E-state index in [2.05, 4.69) is 53.4 Å². The van der Waals surface area contributed by atoms with Gasteiger partial charge < -0.3 is 10.2 Å². The van der Waals surface area contributed by atoms with Gasteiger partial charge in [-0.3, -0.25) is 14.9 Å². The van der Waals surface area contributed by atoms with Crippen LogP contribution in [-0.4, -0.2) is 65.7 Å². The molecule has 3 rings (SSSR count). The zero-order valence-electron chi connectivity index (χ0n) is 18.9. The van der Waals surface area contributed by atoms with Gasteiger partial charge in [0.1, 0.15) is 0 Å². The molecule has 6 heteroatoms. The fourth-order valence-electron chi connectivity index (χ4n) is 3.73. The molecule has 1 aliphatic rings. The Balaban J connectivity index is 1.45. The topological polar surface area (TPSA) is 59.1 Å². The summed E-state index contributed by atoms with van der Waals surface area (Å²) in [6, 6.07) is 16.4. The molecular weight excluding hydrogens is 388 g/mol.